The van der Waals surface area contributed by atoms with Crippen molar-refractivity contribution in [1.82, 2.24) is 4.57 Å². The van der Waals surface area contributed by atoms with Crippen LogP contribution >= 0.6 is 12.2 Å². The van der Waals surface area contributed by atoms with Crippen molar-refractivity contribution >= 4 is 18.2 Å². The fourth-order valence-electron chi connectivity index (χ4n) is 0.763. The number of pyridine rings is 1. The second-order valence-electron chi connectivity index (χ2n) is 2.16. The van der Waals surface area contributed by atoms with E-state index in [1.165, 1.54) is 10.6 Å². The second-order valence-corrected chi connectivity index (χ2v) is 2.64. The molecule has 4 heteroatoms. The standard InChI is InChI=1S/C7H7NO2S/c1-8-3-2-5(11)4-6(8)7(9)10/h2-4H,1H3,(H,9,10). The van der Waals surface area contributed by atoms with Crippen molar-refractivity contribution in [3.63, 3.8) is 0 Å². The molecule has 0 amide bonds. The molecule has 1 aromatic rings. The van der Waals surface area contributed by atoms with Crippen molar-refractivity contribution in [2.24, 2.45) is 7.05 Å². The van der Waals surface area contributed by atoms with Crippen molar-refractivity contribution in [3.8, 4) is 0 Å². The monoisotopic (exact) mass is 169 g/mol. The summed E-state index contributed by atoms with van der Waals surface area (Å²) in [7, 11) is 1.66. The van der Waals surface area contributed by atoms with E-state index >= 15 is 0 Å². The normalized spacial score (nSPS) is 9.55. The molecule has 1 N–H and O–H groups in total. The second kappa shape index (κ2) is 2.84. The summed E-state index contributed by atoms with van der Waals surface area (Å²) >= 11 is 4.80. The lowest BCUT2D eigenvalue weighted by Gasteiger charge is -2.01. The quantitative estimate of drug-likeness (QED) is 0.647. The van der Waals surface area contributed by atoms with Gasteiger partial charge in [0.2, 0.25) is 0 Å². The maximum absolute atomic E-state index is 10.5. The molecule has 0 unspecified atom stereocenters. The average Bonchev–Trinajstić information content (AvgIpc) is 1.94. The number of hydrogen-bond acceptors (Lipinski definition) is 2. The van der Waals surface area contributed by atoms with Gasteiger partial charge in [0.05, 0.1) is 0 Å². The van der Waals surface area contributed by atoms with Crippen LogP contribution in [-0.4, -0.2) is 15.6 Å². The fourth-order valence-corrected chi connectivity index (χ4v) is 0.935. The lowest BCUT2D eigenvalue weighted by atomic mass is 10.3. The highest BCUT2D eigenvalue weighted by Crippen LogP contribution is 1.99. The first kappa shape index (κ1) is 7.94. The first-order valence-corrected chi connectivity index (χ1v) is 3.42. The van der Waals surface area contributed by atoms with Crippen molar-refractivity contribution < 1.29 is 9.90 Å². The number of carbonyl (C=O) groups is 1. The Balaban J connectivity index is 3.35. The van der Waals surface area contributed by atoms with E-state index in [2.05, 4.69) is 0 Å². The molecule has 3 nitrogen and oxygen atoms in total. The Bertz CT molecular complexity index is 343. The molecule has 0 atom stereocenters. The third kappa shape index (κ3) is 1.65. The summed E-state index contributed by atoms with van der Waals surface area (Å²) in [5, 5.41) is 8.62. The van der Waals surface area contributed by atoms with E-state index in [4.69, 9.17) is 17.3 Å². The molecule has 0 bridgehead atoms. The molecular formula is C7H7NO2S. The van der Waals surface area contributed by atoms with Crippen LogP contribution in [0.4, 0.5) is 0 Å². The minimum atomic E-state index is -0.959. The van der Waals surface area contributed by atoms with E-state index in [0.29, 0.717) is 4.51 Å². The molecular weight excluding hydrogens is 162 g/mol. The van der Waals surface area contributed by atoms with Crippen molar-refractivity contribution in [2.45, 2.75) is 0 Å². The Labute approximate surface area is 68.9 Å². The van der Waals surface area contributed by atoms with Gasteiger partial charge in [0.15, 0.2) is 0 Å². The average molecular weight is 169 g/mol. The number of nitrogens with zero attached hydrogens (tertiary/aromatic N) is 1. The van der Waals surface area contributed by atoms with Crippen LogP contribution in [0.3, 0.4) is 0 Å². The fraction of sp³-hybridized carbons (Fsp3) is 0.143. The van der Waals surface area contributed by atoms with Crippen LogP contribution in [0.1, 0.15) is 10.5 Å². The maximum Gasteiger partial charge on any atom is 0.352 e. The van der Waals surface area contributed by atoms with Gasteiger partial charge in [-0.25, -0.2) is 4.79 Å². The lowest BCUT2D eigenvalue weighted by molar-refractivity contribution is 0.0685. The Morgan fingerprint density at radius 2 is 2.36 bits per heavy atom. The van der Waals surface area contributed by atoms with E-state index in [1.54, 1.807) is 19.3 Å². The Morgan fingerprint density at radius 3 is 2.82 bits per heavy atom. The number of hydrogen-bond donors (Lipinski definition) is 1. The molecule has 0 spiro atoms. The van der Waals surface area contributed by atoms with Crippen LogP contribution in [0, 0.1) is 4.51 Å². The van der Waals surface area contributed by atoms with Gasteiger partial charge in [0, 0.05) is 17.8 Å². The van der Waals surface area contributed by atoms with Gasteiger partial charge in [-0.15, -0.1) is 0 Å². The van der Waals surface area contributed by atoms with E-state index in [1.807, 2.05) is 0 Å². The third-order valence-electron chi connectivity index (χ3n) is 1.34. The number of aryl methyl sites for hydroxylation is 1. The first-order chi connectivity index (χ1) is 5.11. The topological polar surface area (TPSA) is 42.2 Å². The van der Waals surface area contributed by atoms with Gasteiger partial charge in [-0.3, -0.25) is 0 Å². The molecule has 11 heavy (non-hydrogen) atoms. The van der Waals surface area contributed by atoms with Gasteiger partial charge < -0.3 is 9.67 Å². The summed E-state index contributed by atoms with van der Waals surface area (Å²) in [5.74, 6) is -0.959. The largest absolute Gasteiger partial charge is 0.477 e. The van der Waals surface area contributed by atoms with Crippen molar-refractivity contribution in [2.75, 3.05) is 0 Å². The zero-order chi connectivity index (χ0) is 8.43. The third-order valence-corrected chi connectivity index (χ3v) is 1.59. The van der Waals surface area contributed by atoms with Crippen LogP contribution in [0.5, 0.6) is 0 Å². The molecule has 1 heterocycles. The highest BCUT2D eigenvalue weighted by Gasteiger charge is 2.03. The van der Waals surface area contributed by atoms with Gasteiger partial charge in [0.1, 0.15) is 5.69 Å². The predicted octanol–water partition coefficient (Wildman–Crippen LogP) is 1.45. The molecule has 58 valence electrons. The van der Waals surface area contributed by atoms with Gasteiger partial charge in [-0.05, 0) is 12.1 Å². The molecule has 0 aromatic carbocycles. The van der Waals surface area contributed by atoms with Crippen LogP contribution in [-0.2, 0) is 7.05 Å². The number of carboxylic acids is 1. The zero-order valence-corrected chi connectivity index (χ0v) is 6.76. The van der Waals surface area contributed by atoms with E-state index in [-0.39, 0.29) is 5.69 Å². The maximum atomic E-state index is 10.5. The molecule has 0 fully saturated rings. The number of aromatic carboxylic acids is 1. The summed E-state index contributed by atoms with van der Waals surface area (Å²) < 4.78 is 2.05. The lowest BCUT2D eigenvalue weighted by Crippen LogP contribution is -2.06. The molecule has 0 aliphatic carbocycles. The van der Waals surface area contributed by atoms with Crippen LogP contribution in [0.15, 0.2) is 18.3 Å². The Morgan fingerprint density at radius 1 is 1.73 bits per heavy atom. The van der Waals surface area contributed by atoms with E-state index in [9.17, 15) is 4.79 Å². The Kier molecular flexibility index (Phi) is 2.05. The van der Waals surface area contributed by atoms with E-state index < -0.39 is 5.97 Å². The summed E-state index contributed by atoms with van der Waals surface area (Å²) in [5.41, 5.74) is 0.206. The minimum Gasteiger partial charge on any atom is -0.477 e. The molecule has 0 saturated carbocycles. The summed E-state index contributed by atoms with van der Waals surface area (Å²) in [6.45, 7) is 0. The molecule has 0 saturated heterocycles. The molecule has 0 aliphatic rings. The summed E-state index contributed by atoms with van der Waals surface area (Å²) in [4.78, 5) is 10.5. The molecule has 1 aromatic heterocycles. The Hall–Kier alpha value is -1.16. The van der Waals surface area contributed by atoms with Gasteiger partial charge in [-0.1, -0.05) is 12.2 Å². The smallest absolute Gasteiger partial charge is 0.352 e. The number of aromatic nitrogens is 1. The van der Waals surface area contributed by atoms with Crippen molar-refractivity contribution in [3.05, 3.63) is 28.5 Å². The molecule has 0 radical (unpaired) electrons. The van der Waals surface area contributed by atoms with Crippen LogP contribution in [0.2, 0.25) is 0 Å². The SMILES string of the molecule is Cn1ccc(=S)cc1C(=O)O. The molecule has 0 aliphatic heterocycles. The predicted molar refractivity (Wildman–Crippen MR) is 43.2 cm³/mol. The highest BCUT2D eigenvalue weighted by atomic mass is 32.1. The number of rotatable bonds is 1. The van der Waals surface area contributed by atoms with Crippen LogP contribution in [0.25, 0.3) is 0 Å². The number of carboxylic acid groups (broad SMARTS) is 1. The minimum absolute atomic E-state index is 0.206. The van der Waals surface area contributed by atoms with Gasteiger partial charge in [0.25, 0.3) is 0 Å². The summed E-state index contributed by atoms with van der Waals surface area (Å²) in [6, 6.07) is 3.14. The van der Waals surface area contributed by atoms with Gasteiger partial charge >= 0.3 is 5.97 Å². The van der Waals surface area contributed by atoms with E-state index in [0.717, 1.165) is 0 Å². The summed E-state index contributed by atoms with van der Waals surface area (Å²) in [6.07, 6.45) is 1.63. The van der Waals surface area contributed by atoms with Crippen LogP contribution < -0.4 is 0 Å². The molecule has 1 rings (SSSR count). The first-order valence-electron chi connectivity index (χ1n) is 3.01. The van der Waals surface area contributed by atoms with Crippen molar-refractivity contribution in [1.29, 1.82) is 0 Å². The zero-order valence-electron chi connectivity index (χ0n) is 5.94. The van der Waals surface area contributed by atoms with Gasteiger partial charge in [-0.2, -0.15) is 0 Å². The highest BCUT2D eigenvalue weighted by molar-refractivity contribution is 7.71.